The van der Waals surface area contributed by atoms with Crippen LogP contribution >= 0.6 is 11.6 Å². The molecule has 1 aromatic heterocycles. The fourth-order valence-corrected chi connectivity index (χ4v) is 1.89. The van der Waals surface area contributed by atoms with Crippen molar-refractivity contribution in [2.45, 2.75) is 6.54 Å². The minimum atomic E-state index is 0.121. The first-order chi connectivity index (χ1) is 8.79. The van der Waals surface area contributed by atoms with E-state index in [9.17, 15) is 0 Å². The van der Waals surface area contributed by atoms with E-state index < -0.39 is 0 Å². The Kier molecular flexibility index (Phi) is 4.56. The van der Waals surface area contributed by atoms with Gasteiger partial charge in [-0.05, 0) is 23.8 Å². The summed E-state index contributed by atoms with van der Waals surface area (Å²) in [5.41, 5.74) is 2.15. The van der Waals surface area contributed by atoms with Crippen LogP contribution in [-0.4, -0.2) is 23.2 Å². The first-order valence-electron chi connectivity index (χ1n) is 5.81. The number of rotatable bonds is 5. The Balaban J connectivity index is 2.14. The third kappa shape index (κ3) is 3.45. The van der Waals surface area contributed by atoms with Crippen molar-refractivity contribution in [3.8, 4) is 0 Å². The van der Waals surface area contributed by atoms with E-state index in [2.05, 4.69) is 9.88 Å². The molecule has 0 aliphatic carbocycles. The summed E-state index contributed by atoms with van der Waals surface area (Å²) in [6, 6.07) is 13.7. The molecule has 3 nitrogen and oxygen atoms in total. The normalized spacial score (nSPS) is 10.3. The number of anilines is 1. The second-order valence-electron chi connectivity index (χ2n) is 3.97. The number of halogens is 1. The molecule has 2 rings (SSSR count). The highest BCUT2D eigenvalue weighted by atomic mass is 35.5. The average Bonchev–Trinajstić information content (AvgIpc) is 2.42. The lowest BCUT2D eigenvalue weighted by atomic mass is 10.2. The quantitative estimate of drug-likeness (QED) is 0.842. The van der Waals surface area contributed by atoms with Gasteiger partial charge in [-0.15, -0.1) is 0 Å². The third-order valence-electron chi connectivity index (χ3n) is 2.65. The van der Waals surface area contributed by atoms with E-state index in [4.69, 9.17) is 16.7 Å². The minimum Gasteiger partial charge on any atom is -0.395 e. The molecule has 0 radical (unpaired) electrons. The van der Waals surface area contributed by atoms with Gasteiger partial charge in [-0.3, -0.25) is 0 Å². The summed E-state index contributed by atoms with van der Waals surface area (Å²) >= 11 is 5.76. The lowest BCUT2D eigenvalue weighted by molar-refractivity contribution is 0.301. The number of para-hydroxylation sites is 1. The van der Waals surface area contributed by atoms with Gasteiger partial charge in [-0.1, -0.05) is 35.9 Å². The van der Waals surface area contributed by atoms with Crippen LogP contribution in [0, 0.1) is 0 Å². The predicted molar refractivity (Wildman–Crippen MR) is 73.8 cm³/mol. The van der Waals surface area contributed by atoms with Crippen LogP contribution in [0.5, 0.6) is 0 Å². The van der Waals surface area contributed by atoms with Gasteiger partial charge in [0, 0.05) is 25.0 Å². The van der Waals surface area contributed by atoms with Crippen LogP contribution in [0.1, 0.15) is 5.56 Å². The van der Waals surface area contributed by atoms with Crippen LogP contribution in [0.25, 0.3) is 0 Å². The van der Waals surface area contributed by atoms with E-state index in [0.717, 1.165) is 11.3 Å². The molecule has 0 bridgehead atoms. The fraction of sp³-hybridized carbons (Fsp3) is 0.214. The van der Waals surface area contributed by atoms with E-state index >= 15 is 0 Å². The molecule has 1 aromatic carbocycles. The molecule has 0 saturated carbocycles. The SMILES string of the molecule is OCCN(Cc1ccc(Cl)nc1)c1ccccc1. The number of benzene rings is 1. The van der Waals surface area contributed by atoms with E-state index in [1.165, 1.54) is 0 Å². The highest BCUT2D eigenvalue weighted by Crippen LogP contribution is 2.16. The third-order valence-corrected chi connectivity index (χ3v) is 2.88. The number of nitrogens with zero attached hydrogens (tertiary/aromatic N) is 2. The summed E-state index contributed by atoms with van der Waals surface area (Å²) in [6.07, 6.45) is 1.76. The van der Waals surface area contributed by atoms with Gasteiger partial charge in [0.25, 0.3) is 0 Å². The van der Waals surface area contributed by atoms with Crippen molar-refractivity contribution in [2.24, 2.45) is 0 Å². The number of aromatic nitrogens is 1. The van der Waals surface area contributed by atoms with E-state index in [1.54, 1.807) is 12.3 Å². The van der Waals surface area contributed by atoms with Gasteiger partial charge in [0.15, 0.2) is 0 Å². The number of aliphatic hydroxyl groups is 1. The molecule has 0 unspecified atom stereocenters. The van der Waals surface area contributed by atoms with Crippen molar-refractivity contribution < 1.29 is 5.11 Å². The number of aliphatic hydroxyl groups excluding tert-OH is 1. The Morgan fingerprint density at radius 2 is 1.89 bits per heavy atom. The Bertz CT molecular complexity index is 473. The molecule has 0 amide bonds. The molecule has 0 spiro atoms. The molecule has 0 aliphatic rings. The molecule has 0 saturated heterocycles. The number of pyridine rings is 1. The predicted octanol–water partition coefficient (Wildman–Crippen LogP) is 2.73. The Labute approximate surface area is 112 Å². The zero-order chi connectivity index (χ0) is 12.8. The Morgan fingerprint density at radius 3 is 2.50 bits per heavy atom. The van der Waals surface area contributed by atoms with Crippen molar-refractivity contribution in [3.05, 3.63) is 59.4 Å². The maximum atomic E-state index is 9.14. The van der Waals surface area contributed by atoms with Crippen LogP contribution in [0.4, 0.5) is 5.69 Å². The molecule has 0 fully saturated rings. The topological polar surface area (TPSA) is 36.4 Å². The van der Waals surface area contributed by atoms with Gasteiger partial charge < -0.3 is 10.0 Å². The summed E-state index contributed by atoms with van der Waals surface area (Å²) in [5, 5.41) is 9.63. The van der Waals surface area contributed by atoms with Gasteiger partial charge in [0.05, 0.1) is 6.61 Å². The second-order valence-corrected chi connectivity index (χ2v) is 4.36. The van der Waals surface area contributed by atoms with Crippen LogP contribution in [0.2, 0.25) is 5.15 Å². The molecular formula is C14H15ClN2O. The lowest BCUT2D eigenvalue weighted by Crippen LogP contribution is -2.26. The van der Waals surface area contributed by atoms with Gasteiger partial charge in [0.1, 0.15) is 5.15 Å². The molecule has 4 heteroatoms. The minimum absolute atomic E-state index is 0.121. The lowest BCUT2D eigenvalue weighted by Gasteiger charge is -2.23. The van der Waals surface area contributed by atoms with Crippen molar-refractivity contribution in [1.82, 2.24) is 4.98 Å². The van der Waals surface area contributed by atoms with Gasteiger partial charge in [-0.2, -0.15) is 0 Å². The molecule has 2 aromatic rings. The molecule has 18 heavy (non-hydrogen) atoms. The largest absolute Gasteiger partial charge is 0.395 e. The monoisotopic (exact) mass is 262 g/mol. The zero-order valence-electron chi connectivity index (χ0n) is 9.96. The molecule has 0 aliphatic heterocycles. The Hall–Kier alpha value is -1.58. The van der Waals surface area contributed by atoms with Crippen LogP contribution in [0.15, 0.2) is 48.7 Å². The van der Waals surface area contributed by atoms with Crippen LogP contribution < -0.4 is 4.90 Å². The second kappa shape index (κ2) is 6.38. The fourth-order valence-electron chi connectivity index (χ4n) is 1.78. The first-order valence-corrected chi connectivity index (χ1v) is 6.18. The summed E-state index contributed by atoms with van der Waals surface area (Å²) in [5.74, 6) is 0. The number of hydrogen-bond donors (Lipinski definition) is 1. The molecular weight excluding hydrogens is 248 g/mol. The average molecular weight is 263 g/mol. The van der Waals surface area contributed by atoms with Crippen LogP contribution in [-0.2, 0) is 6.54 Å². The maximum absolute atomic E-state index is 9.14. The van der Waals surface area contributed by atoms with E-state index in [0.29, 0.717) is 18.2 Å². The molecule has 94 valence electrons. The van der Waals surface area contributed by atoms with Crippen molar-refractivity contribution in [2.75, 3.05) is 18.1 Å². The summed E-state index contributed by atoms with van der Waals surface area (Å²) in [6.45, 7) is 1.41. The molecule has 1 N–H and O–H groups in total. The van der Waals surface area contributed by atoms with Crippen LogP contribution in [0.3, 0.4) is 0 Å². The highest BCUT2D eigenvalue weighted by molar-refractivity contribution is 6.29. The summed E-state index contributed by atoms with van der Waals surface area (Å²) < 4.78 is 0. The molecule has 0 atom stereocenters. The van der Waals surface area contributed by atoms with Crippen molar-refractivity contribution >= 4 is 17.3 Å². The summed E-state index contributed by atoms with van der Waals surface area (Å²) in [4.78, 5) is 6.16. The molecule has 1 heterocycles. The Morgan fingerprint density at radius 1 is 1.11 bits per heavy atom. The van der Waals surface area contributed by atoms with Gasteiger partial charge in [-0.25, -0.2) is 4.98 Å². The van der Waals surface area contributed by atoms with E-state index in [1.807, 2.05) is 36.4 Å². The van der Waals surface area contributed by atoms with E-state index in [-0.39, 0.29) is 6.61 Å². The van der Waals surface area contributed by atoms with Gasteiger partial charge >= 0.3 is 0 Å². The highest BCUT2D eigenvalue weighted by Gasteiger charge is 2.06. The summed E-state index contributed by atoms with van der Waals surface area (Å²) in [7, 11) is 0. The van der Waals surface area contributed by atoms with Crippen molar-refractivity contribution in [1.29, 1.82) is 0 Å². The maximum Gasteiger partial charge on any atom is 0.129 e. The smallest absolute Gasteiger partial charge is 0.129 e. The van der Waals surface area contributed by atoms with Crippen molar-refractivity contribution in [3.63, 3.8) is 0 Å². The zero-order valence-corrected chi connectivity index (χ0v) is 10.7. The standard InChI is InChI=1S/C14H15ClN2O/c15-14-7-6-12(10-16-14)11-17(8-9-18)13-4-2-1-3-5-13/h1-7,10,18H,8-9,11H2. The first kappa shape index (κ1) is 12.9. The van der Waals surface area contributed by atoms with Gasteiger partial charge in [0.2, 0.25) is 0 Å². The number of hydrogen-bond acceptors (Lipinski definition) is 3.